The van der Waals surface area contributed by atoms with Crippen LogP contribution in [0.4, 0.5) is 0 Å². The van der Waals surface area contributed by atoms with Crippen LogP contribution in [-0.4, -0.2) is 47.6 Å². The van der Waals surface area contributed by atoms with Gasteiger partial charge in [0.1, 0.15) is 0 Å². The highest BCUT2D eigenvalue weighted by Gasteiger charge is 2.21. The number of nitrogens with one attached hydrogen (secondary N) is 1. The van der Waals surface area contributed by atoms with Crippen LogP contribution in [0, 0.1) is 0 Å². The molecule has 5 heteroatoms. The normalized spacial score (nSPS) is 17.6. The molecule has 15 heavy (non-hydrogen) atoms. The number of hydrogen-bond acceptors (Lipinski definition) is 3. The molecular formula is C10H18N2O3. The van der Waals surface area contributed by atoms with Crippen LogP contribution in [0.15, 0.2) is 0 Å². The van der Waals surface area contributed by atoms with E-state index in [9.17, 15) is 9.59 Å². The molecule has 0 unspecified atom stereocenters. The fraction of sp³-hybridized carbons (Fsp3) is 0.800. The second-order valence-electron chi connectivity index (χ2n) is 3.82. The van der Waals surface area contributed by atoms with Gasteiger partial charge in [-0.05, 0) is 12.8 Å². The highest BCUT2D eigenvalue weighted by atomic mass is 16.3. The van der Waals surface area contributed by atoms with E-state index in [1.54, 1.807) is 11.8 Å². The Morgan fingerprint density at radius 1 is 1.40 bits per heavy atom. The first kappa shape index (κ1) is 12.0. The lowest BCUT2D eigenvalue weighted by atomic mass is 10.0. The van der Waals surface area contributed by atoms with Gasteiger partial charge in [0, 0.05) is 32.5 Å². The van der Waals surface area contributed by atoms with E-state index >= 15 is 0 Å². The number of likely N-dealkylation sites (tertiary alicyclic amines) is 1. The van der Waals surface area contributed by atoms with E-state index in [1.165, 1.54) is 0 Å². The summed E-state index contributed by atoms with van der Waals surface area (Å²) in [6.07, 6.45) is 1.76. The summed E-state index contributed by atoms with van der Waals surface area (Å²) in [7, 11) is 0. The number of carbonyl (C=O) groups is 2. The molecule has 0 atom stereocenters. The summed E-state index contributed by atoms with van der Waals surface area (Å²) in [4.78, 5) is 24.0. The van der Waals surface area contributed by atoms with Crippen molar-refractivity contribution in [1.82, 2.24) is 10.2 Å². The summed E-state index contributed by atoms with van der Waals surface area (Å²) in [6.45, 7) is 2.86. The summed E-state index contributed by atoms with van der Waals surface area (Å²) < 4.78 is 0. The average Bonchev–Trinajstić information content (AvgIpc) is 2.18. The summed E-state index contributed by atoms with van der Waals surface area (Å²) in [5.41, 5.74) is 0. The Kier molecular flexibility index (Phi) is 4.55. The fourth-order valence-corrected chi connectivity index (χ4v) is 1.74. The van der Waals surface area contributed by atoms with Crippen molar-refractivity contribution in [3.05, 3.63) is 0 Å². The summed E-state index contributed by atoms with van der Waals surface area (Å²) in [5, 5.41) is 11.4. The van der Waals surface area contributed by atoms with Crippen molar-refractivity contribution in [2.45, 2.75) is 32.2 Å². The maximum atomic E-state index is 11.2. The average molecular weight is 214 g/mol. The standard InChI is InChI=1S/C10H18N2O3/c1-8(14)12-5-2-9(3-6-12)11-10(15)4-7-13/h9,13H,2-7H2,1H3,(H,11,15). The van der Waals surface area contributed by atoms with Crippen LogP contribution in [0.2, 0.25) is 0 Å². The third-order valence-corrected chi connectivity index (χ3v) is 2.64. The topological polar surface area (TPSA) is 69.6 Å². The Hall–Kier alpha value is -1.10. The van der Waals surface area contributed by atoms with Gasteiger partial charge in [-0.3, -0.25) is 9.59 Å². The molecule has 2 amide bonds. The van der Waals surface area contributed by atoms with Gasteiger partial charge >= 0.3 is 0 Å². The first-order chi connectivity index (χ1) is 7.13. The second-order valence-corrected chi connectivity index (χ2v) is 3.82. The molecule has 0 spiro atoms. The molecule has 1 rings (SSSR count). The molecule has 0 radical (unpaired) electrons. The van der Waals surface area contributed by atoms with Gasteiger partial charge < -0.3 is 15.3 Å². The quantitative estimate of drug-likeness (QED) is 0.665. The first-order valence-corrected chi connectivity index (χ1v) is 5.29. The van der Waals surface area contributed by atoms with Crippen LogP contribution in [0.5, 0.6) is 0 Å². The molecule has 1 saturated heterocycles. The highest BCUT2D eigenvalue weighted by Crippen LogP contribution is 2.10. The minimum atomic E-state index is -0.113. The van der Waals surface area contributed by atoms with E-state index < -0.39 is 0 Å². The SMILES string of the molecule is CC(=O)N1CCC(NC(=O)CCO)CC1. The third kappa shape index (κ3) is 3.87. The maximum absolute atomic E-state index is 11.2. The highest BCUT2D eigenvalue weighted by molar-refractivity contribution is 5.76. The van der Waals surface area contributed by atoms with Crippen molar-refractivity contribution in [2.75, 3.05) is 19.7 Å². The zero-order valence-electron chi connectivity index (χ0n) is 9.03. The Labute approximate surface area is 89.4 Å². The smallest absolute Gasteiger partial charge is 0.222 e. The van der Waals surface area contributed by atoms with E-state index in [4.69, 9.17) is 5.11 Å². The number of amides is 2. The molecule has 0 aromatic rings. The van der Waals surface area contributed by atoms with Gasteiger partial charge in [0.25, 0.3) is 0 Å². The maximum Gasteiger partial charge on any atom is 0.222 e. The fourth-order valence-electron chi connectivity index (χ4n) is 1.74. The molecule has 0 aromatic carbocycles. The molecule has 1 fully saturated rings. The van der Waals surface area contributed by atoms with Crippen molar-refractivity contribution >= 4 is 11.8 Å². The van der Waals surface area contributed by atoms with Crippen molar-refractivity contribution in [2.24, 2.45) is 0 Å². The number of carbonyl (C=O) groups excluding carboxylic acids is 2. The Bertz CT molecular complexity index is 235. The van der Waals surface area contributed by atoms with Gasteiger partial charge in [-0.15, -0.1) is 0 Å². The van der Waals surface area contributed by atoms with Gasteiger partial charge in [0.2, 0.25) is 11.8 Å². The zero-order chi connectivity index (χ0) is 11.3. The van der Waals surface area contributed by atoms with Crippen molar-refractivity contribution < 1.29 is 14.7 Å². The van der Waals surface area contributed by atoms with Gasteiger partial charge in [-0.1, -0.05) is 0 Å². The number of aliphatic hydroxyl groups excluding tert-OH is 1. The number of piperidine rings is 1. The van der Waals surface area contributed by atoms with Crippen molar-refractivity contribution in [1.29, 1.82) is 0 Å². The van der Waals surface area contributed by atoms with Crippen LogP contribution in [0.25, 0.3) is 0 Å². The predicted octanol–water partition coefficient (Wildman–Crippen LogP) is -0.504. The predicted molar refractivity (Wildman–Crippen MR) is 55.1 cm³/mol. The lowest BCUT2D eigenvalue weighted by Crippen LogP contribution is -2.46. The lowest BCUT2D eigenvalue weighted by molar-refractivity contribution is -0.130. The van der Waals surface area contributed by atoms with E-state index in [0.717, 1.165) is 12.8 Å². The Morgan fingerprint density at radius 2 is 2.00 bits per heavy atom. The first-order valence-electron chi connectivity index (χ1n) is 5.29. The van der Waals surface area contributed by atoms with Crippen molar-refractivity contribution in [3.8, 4) is 0 Å². The summed E-state index contributed by atoms with van der Waals surface area (Å²) >= 11 is 0. The second kappa shape index (κ2) is 5.70. The lowest BCUT2D eigenvalue weighted by Gasteiger charge is -2.31. The Morgan fingerprint density at radius 3 is 2.47 bits per heavy atom. The van der Waals surface area contributed by atoms with E-state index in [-0.39, 0.29) is 30.9 Å². The molecule has 1 heterocycles. The number of nitrogens with zero attached hydrogens (tertiary/aromatic N) is 1. The van der Waals surface area contributed by atoms with Crippen LogP contribution >= 0.6 is 0 Å². The van der Waals surface area contributed by atoms with Gasteiger partial charge in [-0.2, -0.15) is 0 Å². The van der Waals surface area contributed by atoms with Crippen LogP contribution < -0.4 is 5.32 Å². The molecule has 0 bridgehead atoms. The van der Waals surface area contributed by atoms with Crippen molar-refractivity contribution in [3.63, 3.8) is 0 Å². The summed E-state index contributed by atoms with van der Waals surface area (Å²) in [6, 6.07) is 0.152. The number of aliphatic hydroxyl groups is 1. The van der Waals surface area contributed by atoms with E-state index in [0.29, 0.717) is 13.1 Å². The largest absolute Gasteiger partial charge is 0.396 e. The molecule has 1 aliphatic rings. The molecule has 0 saturated carbocycles. The van der Waals surface area contributed by atoms with Crippen LogP contribution in [0.1, 0.15) is 26.2 Å². The minimum Gasteiger partial charge on any atom is -0.396 e. The molecule has 2 N–H and O–H groups in total. The molecule has 1 aliphatic heterocycles. The van der Waals surface area contributed by atoms with E-state index in [1.807, 2.05) is 0 Å². The molecule has 5 nitrogen and oxygen atoms in total. The van der Waals surface area contributed by atoms with Gasteiger partial charge in [0.05, 0.1) is 6.61 Å². The zero-order valence-corrected chi connectivity index (χ0v) is 9.03. The van der Waals surface area contributed by atoms with Gasteiger partial charge in [-0.25, -0.2) is 0 Å². The molecule has 86 valence electrons. The number of hydrogen-bond donors (Lipinski definition) is 2. The summed E-state index contributed by atoms with van der Waals surface area (Å²) in [5.74, 6) is -0.0195. The van der Waals surface area contributed by atoms with E-state index in [2.05, 4.69) is 5.32 Å². The Balaban J connectivity index is 2.25. The molecule has 0 aromatic heterocycles. The van der Waals surface area contributed by atoms with Gasteiger partial charge in [0.15, 0.2) is 0 Å². The van der Waals surface area contributed by atoms with Crippen LogP contribution in [0.3, 0.4) is 0 Å². The molecular weight excluding hydrogens is 196 g/mol. The number of rotatable bonds is 3. The molecule has 0 aliphatic carbocycles. The van der Waals surface area contributed by atoms with Crippen LogP contribution in [-0.2, 0) is 9.59 Å². The third-order valence-electron chi connectivity index (χ3n) is 2.64. The monoisotopic (exact) mass is 214 g/mol. The minimum absolute atomic E-state index is 0.0927.